The number of nitriles is 1. The van der Waals surface area contributed by atoms with Crippen LogP contribution in [0.25, 0.3) is 0 Å². The highest BCUT2D eigenvalue weighted by molar-refractivity contribution is 14.1. The fourth-order valence-electron chi connectivity index (χ4n) is 1.25. The van der Waals surface area contributed by atoms with Crippen LogP contribution in [0, 0.1) is 14.9 Å². The van der Waals surface area contributed by atoms with E-state index in [1.807, 2.05) is 22.6 Å². The van der Waals surface area contributed by atoms with Gasteiger partial charge in [0.15, 0.2) is 0 Å². The summed E-state index contributed by atoms with van der Waals surface area (Å²) in [7, 11) is 1.34. The number of anilines is 1. The van der Waals surface area contributed by atoms with Crippen molar-refractivity contribution in [2.75, 3.05) is 12.4 Å². The largest absolute Gasteiger partial charge is 0.496 e. The van der Waals surface area contributed by atoms with Gasteiger partial charge in [0.2, 0.25) is 5.91 Å². The number of benzene rings is 1. The SMILES string of the molecule is COc1cc(NC(=O)CC#N)c(I)cc1C(=O)O. The molecular weight excluding hydrogens is 351 g/mol. The summed E-state index contributed by atoms with van der Waals surface area (Å²) in [5.41, 5.74) is 0.429. The monoisotopic (exact) mass is 360 g/mol. The second-order valence-corrected chi connectivity index (χ2v) is 4.38. The summed E-state index contributed by atoms with van der Waals surface area (Å²) in [5, 5.41) is 19.9. The summed E-state index contributed by atoms with van der Waals surface area (Å²) in [6.45, 7) is 0. The highest BCUT2D eigenvalue weighted by Crippen LogP contribution is 2.28. The number of methoxy groups -OCH3 is 1. The number of carbonyl (C=O) groups excluding carboxylic acids is 1. The van der Waals surface area contributed by atoms with E-state index in [1.54, 1.807) is 6.07 Å². The smallest absolute Gasteiger partial charge is 0.339 e. The first-order chi connectivity index (χ1) is 8.49. The van der Waals surface area contributed by atoms with Gasteiger partial charge in [0.1, 0.15) is 17.7 Å². The van der Waals surface area contributed by atoms with E-state index in [-0.39, 0.29) is 17.7 Å². The Hall–Kier alpha value is -1.82. The quantitative estimate of drug-likeness (QED) is 0.799. The van der Waals surface area contributed by atoms with Crippen molar-refractivity contribution in [3.8, 4) is 11.8 Å². The summed E-state index contributed by atoms with van der Waals surface area (Å²) >= 11 is 1.90. The molecule has 6 nitrogen and oxygen atoms in total. The molecule has 0 bridgehead atoms. The molecule has 2 N–H and O–H groups in total. The first-order valence-corrected chi connectivity index (χ1v) is 5.85. The Bertz CT molecular complexity index is 537. The zero-order valence-electron chi connectivity index (χ0n) is 9.36. The van der Waals surface area contributed by atoms with Gasteiger partial charge in [0.05, 0.1) is 18.9 Å². The lowest BCUT2D eigenvalue weighted by atomic mass is 10.2. The molecule has 0 radical (unpaired) electrons. The third-order valence-corrected chi connectivity index (χ3v) is 2.93. The van der Waals surface area contributed by atoms with E-state index in [1.165, 1.54) is 19.2 Å². The number of carboxylic acid groups (broad SMARTS) is 1. The number of nitrogens with zero attached hydrogens (tertiary/aromatic N) is 1. The maximum atomic E-state index is 11.3. The molecule has 0 unspecified atom stereocenters. The highest BCUT2D eigenvalue weighted by atomic mass is 127. The number of rotatable bonds is 4. The predicted molar refractivity (Wildman–Crippen MR) is 71.5 cm³/mol. The van der Waals surface area contributed by atoms with Gasteiger partial charge in [-0.25, -0.2) is 4.79 Å². The van der Waals surface area contributed by atoms with E-state index in [4.69, 9.17) is 15.1 Å². The molecule has 18 heavy (non-hydrogen) atoms. The number of hydrogen-bond donors (Lipinski definition) is 2. The molecule has 0 aromatic heterocycles. The number of halogens is 1. The minimum Gasteiger partial charge on any atom is -0.496 e. The van der Waals surface area contributed by atoms with Crippen LogP contribution in [0.15, 0.2) is 12.1 Å². The first-order valence-electron chi connectivity index (χ1n) is 4.77. The first kappa shape index (κ1) is 14.2. The second-order valence-electron chi connectivity index (χ2n) is 3.22. The number of amides is 1. The normalized spacial score (nSPS) is 9.39. The van der Waals surface area contributed by atoms with Crippen LogP contribution in [0.2, 0.25) is 0 Å². The molecule has 7 heteroatoms. The minimum absolute atomic E-state index is 0.0141. The van der Waals surface area contributed by atoms with Gasteiger partial charge in [-0.1, -0.05) is 0 Å². The zero-order chi connectivity index (χ0) is 13.7. The molecule has 0 atom stereocenters. The Morgan fingerprint density at radius 3 is 2.72 bits per heavy atom. The van der Waals surface area contributed by atoms with E-state index >= 15 is 0 Å². The van der Waals surface area contributed by atoms with Crippen LogP contribution in [0.3, 0.4) is 0 Å². The lowest BCUT2D eigenvalue weighted by molar-refractivity contribution is -0.115. The lowest BCUT2D eigenvalue weighted by Gasteiger charge is -2.10. The molecule has 0 spiro atoms. The van der Waals surface area contributed by atoms with Crippen molar-refractivity contribution < 1.29 is 19.4 Å². The van der Waals surface area contributed by atoms with Gasteiger partial charge >= 0.3 is 5.97 Å². The van der Waals surface area contributed by atoms with Crippen molar-refractivity contribution in [1.82, 2.24) is 0 Å². The van der Waals surface area contributed by atoms with Gasteiger partial charge < -0.3 is 15.2 Å². The highest BCUT2D eigenvalue weighted by Gasteiger charge is 2.15. The Morgan fingerprint density at radius 2 is 2.22 bits per heavy atom. The standard InChI is InChI=1S/C11H9IN2O4/c1-18-9-5-8(14-10(15)2-3-13)7(12)4-6(9)11(16)17/h4-5H,2H2,1H3,(H,14,15)(H,16,17). The third kappa shape index (κ3) is 3.33. The van der Waals surface area contributed by atoms with Crippen LogP contribution in [0.1, 0.15) is 16.8 Å². The molecule has 1 amide bonds. The van der Waals surface area contributed by atoms with Crippen molar-refractivity contribution in [3.05, 3.63) is 21.3 Å². The minimum atomic E-state index is -1.11. The predicted octanol–water partition coefficient (Wildman–Crippen LogP) is 1.85. The van der Waals surface area contributed by atoms with E-state index in [0.717, 1.165) is 0 Å². The Labute approximate surface area is 117 Å². The molecule has 0 aliphatic carbocycles. The van der Waals surface area contributed by atoms with Gasteiger partial charge in [-0.05, 0) is 28.7 Å². The molecule has 0 saturated heterocycles. The van der Waals surface area contributed by atoms with E-state index < -0.39 is 11.9 Å². The lowest BCUT2D eigenvalue weighted by Crippen LogP contribution is -2.12. The van der Waals surface area contributed by atoms with Gasteiger partial charge in [-0.3, -0.25) is 4.79 Å². The van der Waals surface area contributed by atoms with Gasteiger partial charge in [-0.2, -0.15) is 5.26 Å². The number of ether oxygens (including phenoxy) is 1. The Balaban J connectivity index is 3.12. The van der Waals surface area contributed by atoms with Crippen LogP contribution in [-0.4, -0.2) is 24.1 Å². The zero-order valence-corrected chi connectivity index (χ0v) is 11.5. The summed E-state index contributed by atoms with van der Waals surface area (Å²) in [6.07, 6.45) is -0.265. The average Bonchev–Trinajstić information content (AvgIpc) is 2.31. The molecule has 0 heterocycles. The third-order valence-electron chi connectivity index (χ3n) is 2.03. The number of hydrogen-bond acceptors (Lipinski definition) is 4. The summed E-state index contributed by atoms with van der Waals surface area (Å²) < 4.78 is 5.50. The molecule has 0 fully saturated rings. The summed E-state index contributed by atoms with van der Waals surface area (Å²) in [5.74, 6) is -1.42. The van der Waals surface area contributed by atoms with Gasteiger partial charge in [0, 0.05) is 9.64 Å². The molecular formula is C11H9IN2O4. The topological polar surface area (TPSA) is 99.4 Å². The number of carbonyl (C=O) groups is 2. The van der Waals surface area contributed by atoms with Crippen molar-refractivity contribution in [2.45, 2.75) is 6.42 Å². The van der Waals surface area contributed by atoms with E-state index in [9.17, 15) is 9.59 Å². The van der Waals surface area contributed by atoms with Crippen LogP contribution >= 0.6 is 22.6 Å². The molecule has 1 aromatic rings. The fourth-order valence-corrected chi connectivity index (χ4v) is 1.85. The van der Waals surface area contributed by atoms with Crippen LogP contribution < -0.4 is 10.1 Å². The number of aromatic carboxylic acids is 1. The van der Waals surface area contributed by atoms with Crippen LogP contribution in [0.4, 0.5) is 5.69 Å². The molecule has 0 saturated carbocycles. The number of carboxylic acids is 1. The molecule has 1 rings (SSSR count). The van der Waals surface area contributed by atoms with E-state index in [2.05, 4.69) is 5.32 Å². The van der Waals surface area contributed by atoms with E-state index in [0.29, 0.717) is 9.26 Å². The maximum absolute atomic E-state index is 11.3. The molecule has 0 aliphatic heterocycles. The molecule has 1 aromatic carbocycles. The molecule has 94 valence electrons. The van der Waals surface area contributed by atoms with Crippen LogP contribution in [-0.2, 0) is 4.79 Å². The Kier molecular flexibility index (Phi) is 4.91. The van der Waals surface area contributed by atoms with Crippen molar-refractivity contribution in [1.29, 1.82) is 5.26 Å². The van der Waals surface area contributed by atoms with Crippen molar-refractivity contribution in [2.24, 2.45) is 0 Å². The molecule has 0 aliphatic rings. The second kappa shape index (κ2) is 6.20. The van der Waals surface area contributed by atoms with Crippen molar-refractivity contribution >= 4 is 40.2 Å². The van der Waals surface area contributed by atoms with Gasteiger partial charge in [0.25, 0.3) is 0 Å². The summed E-state index contributed by atoms with van der Waals surface area (Å²) in [6, 6.07) is 4.54. The van der Waals surface area contributed by atoms with Crippen LogP contribution in [0.5, 0.6) is 5.75 Å². The Morgan fingerprint density at radius 1 is 1.56 bits per heavy atom. The maximum Gasteiger partial charge on any atom is 0.339 e. The van der Waals surface area contributed by atoms with Crippen molar-refractivity contribution in [3.63, 3.8) is 0 Å². The average molecular weight is 360 g/mol. The number of nitrogens with one attached hydrogen (secondary N) is 1. The van der Waals surface area contributed by atoms with Gasteiger partial charge in [-0.15, -0.1) is 0 Å². The fraction of sp³-hybridized carbons (Fsp3) is 0.182. The summed E-state index contributed by atoms with van der Waals surface area (Å²) in [4.78, 5) is 22.2.